The predicted octanol–water partition coefficient (Wildman–Crippen LogP) is 4.09. The molecule has 1 N–H and O–H groups in total. The third kappa shape index (κ3) is 3.36. The molecule has 0 saturated carbocycles. The van der Waals surface area contributed by atoms with E-state index in [1.165, 1.54) is 12.1 Å². The van der Waals surface area contributed by atoms with Gasteiger partial charge in [0.05, 0.1) is 6.04 Å². The predicted molar refractivity (Wildman–Crippen MR) is 73.8 cm³/mol. The molecule has 0 amide bonds. The number of hydrogen-bond donors (Lipinski definition) is 1. The van der Waals surface area contributed by atoms with Crippen molar-refractivity contribution in [3.05, 3.63) is 51.5 Å². The summed E-state index contributed by atoms with van der Waals surface area (Å²) in [5.74, 6) is 0. The molecule has 0 saturated heterocycles. The van der Waals surface area contributed by atoms with Crippen LogP contribution >= 0.6 is 11.3 Å². The molecule has 1 aromatic carbocycles. The molecule has 1 aromatic heterocycles. The van der Waals surface area contributed by atoms with E-state index in [1.54, 1.807) is 23.5 Å². The molecule has 1 heterocycles. The molecule has 0 aliphatic rings. The number of thiazole rings is 1. The van der Waals surface area contributed by atoms with Crippen LogP contribution in [0, 0.1) is 6.92 Å². The van der Waals surface area contributed by atoms with Gasteiger partial charge in [0.15, 0.2) is 0 Å². The minimum absolute atomic E-state index is 0.0320. The number of halogens is 2. The van der Waals surface area contributed by atoms with Crippen molar-refractivity contribution in [2.75, 3.05) is 6.54 Å². The van der Waals surface area contributed by atoms with Gasteiger partial charge in [0, 0.05) is 16.6 Å². The van der Waals surface area contributed by atoms with Crippen LogP contribution in [0.1, 0.15) is 41.2 Å². The second-order valence-corrected chi connectivity index (χ2v) is 5.17. The molecule has 0 bridgehead atoms. The van der Waals surface area contributed by atoms with Crippen LogP contribution in [0.15, 0.2) is 29.6 Å². The lowest BCUT2D eigenvalue weighted by Gasteiger charge is -2.16. The van der Waals surface area contributed by atoms with Gasteiger partial charge in [-0.05, 0) is 19.0 Å². The molecule has 102 valence electrons. The number of nitrogens with zero attached hydrogens (tertiary/aromatic N) is 1. The molecule has 2 rings (SSSR count). The molecule has 2 nitrogen and oxygen atoms in total. The maximum absolute atomic E-state index is 12.5. The lowest BCUT2D eigenvalue weighted by Crippen LogP contribution is -2.21. The van der Waals surface area contributed by atoms with Crippen molar-refractivity contribution >= 4 is 11.3 Å². The van der Waals surface area contributed by atoms with Gasteiger partial charge in [-0.3, -0.25) is 0 Å². The van der Waals surface area contributed by atoms with Crippen LogP contribution in [0.3, 0.4) is 0 Å². The molecule has 19 heavy (non-hydrogen) atoms. The lowest BCUT2D eigenvalue weighted by atomic mass is 10.1. The fourth-order valence-electron chi connectivity index (χ4n) is 1.89. The zero-order valence-electron chi connectivity index (χ0n) is 10.9. The van der Waals surface area contributed by atoms with E-state index in [0.29, 0.717) is 0 Å². The van der Waals surface area contributed by atoms with Crippen LogP contribution in [0.5, 0.6) is 0 Å². The zero-order chi connectivity index (χ0) is 13.8. The first kappa shape index (κ1) is 14.1. The average Bonchev–Trinajstić information content (AvgIpc) is 2.82. The van der Waals surface area contributed by atoms with E-state index >= 15 is 0 Å². The summed E-state index contributed by atoms with van der Waals surface area (Å²) in [6, 6.07) is 6.41. The minimum atomic E-state index is -2.42. The Bertz CT molecular complexity index is 522. The molecular formula is C14H16F2N2S. The number of benzene rings is 1. The second-order valence-electron chi connectivity index (χ2n) is 4.29. The van der Waals surface area contributed by atoms with Crippen LogP contribution in [0.25, 0.3) is 0 Å². The van der Waals surface area contributed by atoms with Gasteiger partial charge in [0.1, 0.15) is 5.01 Å². The number of aromatic nitrogens is 1. The van der Waals surface area contributed by atoms with Crippen molar-refractivity contribution in [2.24, 2.45) is 0 Å². The summed E-state index contributed by atoms with van der Waals surface area (Å²) < 4.78 is 25.1. The largest absolute Gasteiger partial charge is 0.305 e. The monoisotopic (exact) mass is 282 g/mol. The van der Waals surface area contributed by atoms with E-state index < -0.39 is 6.43 Å². The van der Waals surface area contributed by atoms with Gasteiger partial charge in [0.2, 0.25) is 0 Å². The number of rotatable bonds is 5. The Labute approximate surface area is 115 Å². The van der Waals surface area contributed by atoms with Crippen LogP contribution in [-0.4, -0.2) is 11.5 Å². The number of aryl methyl sites for hydroxylation is 1. The SMILES string of the molecule is CCNC(c1ccc(C(F)F)cc1)c1nc(C)cs1. The van der Waals surface area contributed by atoms with Crippen molar-refractivity contribution < 1.29 is 8.78 Å². The van der Waals surface area contributed by atoms with E-state index in [0.717, 1.165) is 22.8 Å². The highest BCUT2D eigenvalue weighted by Gasteiger charge is 2.17. The summed E-state index contributed by atoms with van der Waals surface area (Å²) in [6.45, 7) is 4.75. The molecule has 0 radical (unpaired) electrons. The molecule has 0 fully saturated rings. The van der Waals surface area contributed by atoms with E-state index in [-0.39, 0.29) is 11.6 Å². The second kappa shape index (κ2) is 6.21. The van der Waals surface area contributed by atoms with Gasteiger partial charge in [-0.1, -0.05) is 31.2 Å². The van der Waals surface area contributed by atoms with Gasteiger partial charge >= 0.3 is 0 Å². The zero-order valence-corrected chi connectivity index (χ0v) is 11.7. The highest BCUT2D eigenvalue weighted by molar-refractivity contribution is 7.09. The third-order valence-corrected chi connectivity index (χ3v) is 3.84. The van der Waals surface area contributed by atoms with Gasteiger partial charge in [-0.2, -0.15) is 0 Å². The third-order valence-electron chi connectivity index (χ3n) is 2.81. The van der Waals surface area contributed by atoms with Crippen LogP contribution in [-0.2, 0) is 0 Å². The number of alkyl halides is 2. The Morgan fingerprint density at radius 1 is 1.21 bits per heavy atom. The van der Waals surface area contributed by atoms with Crippen molar-refractivity contribution in [2.45, 2.75) is 26.3 Å². The molecule has 0 aliphatic carbocycles. The van der Waals surface area contributed by atoms with Crippen LogP contribution < -0.4 is 5.32 Å². The summed E-state index contributed by atoms with van der Waals surface area (Å²) in [6.07, 6.45) is -2.42. The molecule has 1 unspecified atom stereocenters. The van der Waals surface area contributed by atoms with Crippen LogP contribution in [0.2, 0.25) is 0 Å². The standard InChI is InChI=1S/C14H16F2N2S/c1-3-17-12(14-18-9(2)8-19-14)10-4-6-11(7-5-10)13(15)16/h4-8,12-13,17H,3H2,1-2H3. The fraction of sp³-hybridized carbons (Fsp3) is 0.357. The molecule has 0 aliphatic heterocycles. The molecule has 0 spiro atoms. The summed E-state index contributed by atoms with van der Waals surface area (Å²) in [5.41, 5.74) is 1.99. The topological polar surface area (TPSA) is 24.9 Å². The van der Waals surface area contributed by atoms with Gasteiger partial charge in [0.25, 0.3) is 6.43 Å². The molecule has 5 heteroatoms. The van der Waals surface area contributed by atoms with Gasteiger partial charge in [-0.25, -0.2) is 13.8 Å². The minimum Gasteiger partial charge on any atom is -0.305 e. The van der Waals surface area contributed by atoms with E-state index in [9.17, 15) is 8.78 Å². The van der Waals surface area contributed by atoms with Gasteiger partial charge < -0.3 is 5.32 Å². The van der Waals surface area contributed by atoms with E-state index in [2.05, 4.69) is 10.3 Å². The molecular weight excluding hydrogens is 266 g/mol. The Balaban J connectivity index is 2.28. The first-order valence-corrected chi connectivity index (χ1v) is 7.03. The molecule has 1 atom stereocenters. The summed E-state index contributed by atoms with van der Waals surface area (Å²) in [7, 11) is 0. The van der Waals surface area contributed by atoms with Crippen molar-refractivity contribution in [1.29, 1.82) is 0 Å². The van der Waals surface area contributed by atoms with Gasteiger partial charge in [-0.15, -0.1) is 11.3 Å². The first-order valence-electron chi connectivity index (χ1n) is 6.15. The van der Waals surface area contributed by atoms with Crippen molar-refractivity contribution in [3.63, 3.8) is 0 Å². The Hall–Kier alpha value is -1.33. The van der Waals surface area contributed by atoms with Crippen molar-refractivity contribution in [1.82, 2.24) is 10.3 Å². The first-order chi connectivity index (χ1) is 9.11. The highest BCUT2D eigenvalue weighted by atomic mass is 32.1. The van der Waals surface area contributed by atoms with E-state index in [4.69, 9.17) is 0 Å². The number of hydrogen-bond acceptors (Lipinski definition) is 3. The normalized spacial score (nSPS) is 12.9. The quantitative estimate of drug-likeness (QED) is 0.893. The maximum Gasteiger partial charge on any atom is 0.263 e. The fourth-order valence-corrected chi connectivity index (χ4v) is 2.79. The molecule has 2 aromatic rings. The summed E-state index contributed by atoms with van der Waals surface area (Å²) in [5, 5.41) is 6.29. The maximum atomic E-state index is 12.5. The van der Waals surface area contributed by atoms with E-state index in [1.807, 2.05) is 19.2 Å². The lowest BCUT2D eigenvalue weighted by molar-refractivity contribution is 0.151. The summed E-state index contributed by atoms with van der Waals surface area (Å²) in [4.78, 5) is 4.47. The van der Waals surface area contributed by atoms with Crippen LogP contribution in [0.4, 0.5) is 8.78 Å². The Morgan fingerprint density at radius 3 is 2.32 bits per heavy atom. The smallest absolute Gasteiger partial charge is 0.263 e. The Morgan fingerprint density at radius 2 is 1.84 bits per heavy atom. The average molecular weight is 282 g/mol. The summed E-state index contributed by atoms with van der Waals surface area (Å²) >= 11 is 1.58. The Kier molecular flexibility index (Phi) is 4.61. The highest BCUT2D eigenvalue weighted by Crippen LogP contribution is 2.27. The number of nitrogens with one attached hydrogen (secondary N) is 1. The van der Waals surface area contributed by atoms with Crippen molar-refractivity contribution in [3.8, 4) is 0 Å².